The SMILES string of the molecule is CC(C)(C)c1ccc(C=CC(=O)Nc2sc3c(c2C(=O)NC2CCS(=O)(=O)C2)CCCC3)cc1. The number of rotatable bonds is 5. The van der Waals surface area contributed by atoms with Crippen LogP contribution in [0.2, 0.25) is 0 Å². The van der Waals surface area contributed by atoms with E-state index in [1.54, 1.807) is 6.08 Å². The summed E-state index contributed by atoms with van der Waals surface area (Å²) in [5.41, 5.74) is 3.71. The summed E-state index contributed by atoms with van der Waals surface area (Å²) < 4.78 is 23.6. The molecular weight excluding hydrogens is 468 g/mol. The third-order valence-electron chi connectivity index (χ3n) is 6.41. The molecule has 2 aliphatic rings. The highest BCUT2D eigenvalue weighted by Gasteiger charge is 2.32. The summed E-state index contributed by atoms with van der Waals surface area (Å²) in [6, 6.07) is 7.73. The molecule has 6 nitrogen and oxygen atoms in total. The lowest BCUT2D eigenvalue weighted by Crippen LogP contribution is -2.36. The first kappa shape index (κ1) is 24.7. The minimum atomic E-state index is -3.09. The summed E-state index contributed by atoms with van der Waals surface area (Å²) in [6.07, 6.45) is 7.42. The van der Waals surface area contributed by atoms with Crippen molar-refractivity contribution in [2.45, 2.75) is 64.3 Å². The normalized spacial score (nSPS) is 19.7. The molecular formula is C26H32N2O4S2. The minimum Gasteiger partial charge on any atom is -0.348 e. The van der Waals surface area contributed by atoms with Gasteiger partial charge in [-0.25, -0.2) is 8.42 Å². The Bertz CT molecular complexity index is 1220. The van der Waals surface area contributed by atoms with Crippen molar-refractivity contribution >= 4 is 44.1 Å². The fourth-order valence-corrected chi connectivity index (χ4v) is 7.44. The van der Waals surface area contributed by atoms with E-state index in [2.05, 4.69) is 43.5 Å². The monoisotopic (exact) mass is 500 g/mol. The van der Waals surface area contributed by atoms with Gasteiger partial charge in [-0.15, -0.1) is 11.3 Å². The summed E-state index contributed by atoms with van der Waals surface area (Å²) in [7, 11) is -3.09. The van der Waals surface area contributed by atoms with Crippen molar-refractivity contribution in [3.63, 3.8) is 0 Å². The van der Waals surface area contributed by atoms with Crippen LogP contribution in [0.15, 0.2) is 30.3 Å². The first-order valence-corrected chi connectivity index (χ1v) is 14.4. The standard InChI is InChI=1S/C26H32N2O4S2/c1-26(2,3)18-11-8-17(9-12-18)10-13-22(29)28-25-23(20-6-4-5-7-21(20)33-25)24(30)27-19-14-15-34(31,32)16-19/h8-13,19H,4-7,14-16H2,1-3H3,(H,27,30)(H,28,29). The number of sulfone groups is 1. The molecule has 8 heteroatoms. The van der Waals surface area contributed by atoms with Gasteiger partial charge in [0.05, 0.1) is 17.1 Å². The second-order valence-electron chi connectivity index (χ2n) is 10.2. The van der Waals surface area contributed by atoms with Gasteiger partial charge in [-0.3, -0.25) is 9.59 Å². The maximum absolute atomic E-state index is 13.2. The largest absolute Gasteiger partial charge is 0.348 e. The van der Waals surface area contributed by atoms with Gasteiger partial charge in [0.15, 0.2) is 9.84 Å². The first-order valence-electron chi connectivity index (χ1n) is 11.8. The molecule has 2 amide bonds. The second kappa shape index (κ2) is 9.66. The van der Waals surface area contributed by atoms with Crippen LogP contribution in [0.5, 0.6) is 0 Å². The number of carbonyl (C=O) groups excluding carboxylic acids is 2. The van der Waals surface area contributed by atoms with Crippen LogP contribution in [-0.2, 0) is 32.9 Å². The third kappa shape index (κ3) is 5.78. The van der Waals surface area contributed by atoms with Crippen LogP contribution < -0.4 is 10.6 Å². The summed E-state index contributed by atoms with van der Waals surface area (Å²) in [5.74, 6) is -0.511. The lowest BCUT2D eigenvalue weighted by atomic mass is 9.87. The molecule has 2 aromatic rings. The van der Waals surface area contributed by atoms with Crippen LogP contribution in [0.4, 0.5) is 5.00 Å². The van der Waals surface area contributed by atoms with Gasteiger partial charge in [0, 0.05) is 17.0 Å². The fraction of sp³-hybridized carbons (Fsp3) is 0.462. The maximum atomic E-state index is 13.2. The minimum absolute atomic E-state index is 0.0243. The van der Waals surface area contributed by atoms with Crippen LogP contribution in [0.25, 0.3) is 6.08 Å². The van der Waals surface area contributed by atoms with Gasteiger partial charge < -0.3 is 10.6 Å². The van der Waals surface area contributed by atoms with Crippen molar-refractivity contribution in [3.05, 3.63) is 57.5 Å². The molecule has 2 heterocycles. The lowest BCUT2D eigenvalue weighted by molar-refractivity contribution is -0.111. The van der Waals surface area contributed by atoms with Gasteiger partial charge >= 0.3 is 0 Å². The number of amides is 2. The number of aryl methyl sites for hydroxylation is 1. The van der Waals surface area contributed by atoms with E-state index in [0.717, 1.165) is 41.7 Å². The zero-order valence-corrected chi connectivity index (χ0v) is 21.6. The van der Waals surface area contributed by atoms with E-state index in [1.807, 2.05) is 12.1 Å². The number of nitrogens with one attached hydrogen (secondary N) is 2. The Morgan fingerprint density at radius 1 is 1.09 bits per heavy atom. The van der Waals surface area contributed by atoms with Crippen LogP contribution in [0.1, 0.15) is 72.0 Å². The fourth-order valence-electron chi connectivity index (χ4n) is 4.48. The summed E-state index contributed by atoms with van der Waals surface area (Å²) in [5, 5.41) is 6.35. The van der Waals surface area contributed by atoms with Crippen LogP contribution >= 0.6 is 11.3 Å². The van der Waals surface area contributed by atoms with Crippen molar-refractivity contribution in [1.82, 2.24) is 5.32 Å². The molecule has 182 valence electrons. The Hall–Kier alpha value is -2.45. The van der Waals surface area contributed by atoms with Gasteiger partial charge in [-0.2, -0.15) is 0 Å². The quantitative estimate of drug-likeness (QED) is 0.592. The number of anilines is 1. The number of benzene rings is 1. The number of carbonyl (C=O) groups is 2. The van der Waals surface area contributed by atoms with Gasteiger partial charge in [-0.1, -0.05) is 45.0 Å². The van der Waals surface area contributed by atoms with E-state index in [9.17, 15) is 18.0 Å². The highest BCUT2D eigenvalue weighted by molar-refractivity contribution is 7.91. The molecule has 2 N–H and O–H groups in total. The molecule has 1 atom stereocenters. The van der Waals surface area contributed by atoms with Crippen molar-refractivity contribution in [1.29, 1.82) is 0 Å². The molecule has 0 saturated carbocycles. The van der Waals surface area contributed by atoms with Gasteiger partial charge in [0.25, 0.3) is 5.91 Å². The molecule has 1 aliphatic carbocycles. The van der Waals surface area contributed by atoms with E-state index in [0.29, 0.717) is 17.0 Å². The topological polar surface area (TPSA) is 92.3 Å². The van der Waals surface area contributed by atoms with Crippen LogP contribution in [0, 0.1) is 0 Å². The molecule has 34 heavy (non-hydrogen) atoms. The van der Waals surface area contributed by atoms with E-state index in [-0.39, 0.29) is 34.8 Å². The van der Waals surface area contributed by atoms with E-state index in [4.69, 9.17) is 0 Å². The molecule has 1 aromatic heterocycles. The lowest BCUT2D eigenvalue weighted by Gasteiger charge is -2.18. The Kier molecular flexibility index (Phi) is 7.01. The van der Waals surface area contributed by atoms with Gasteiger partial charge in [0.2, 0.25) is 5.91 Å². The average molecular weight is 501 g/mol. The number of thiophene rings is 1. The molecule has 4 rings (SSSR count). The van der Waals surface area contributed by atoms with Crippen molar-refractivity contribution in [2.24, 2.45) is 0 Å². The highest BCUT2D eigenvalue weighted by Crippen LogP contribution is 2.38. The molecule has 0 bridgehead atoms. The van der Waals surface area contributed by atoms with Crippen LogP contribution in [-0.4, -0.2) is 37.8 Å². The van der Waals surface area contributed by atoms with Gasteiger partial charge in [0.1, 0.15) is 5.00 Å². The Labute approximate surface area is 205 Å². The predicted octanol–water partition coefficient (Wildman–Crippen LogP) is 4.49. The third-order valence-corrected chi connectivity index (χ3v) is 9.38. The van der Waals surface area contributed by atoms with Crippen molar-refractivity contribution in [2.75, 3.05) is 16.8 Å². The highest BCUT2D eigenvalue weighted by atomic mass is 32.2. The number of hydrogen-bond donors (Lipinski definition) is 2. The zero-order chi connectivity index (χ0) is 24.5. The Morgan fingerprint density at radius 3 is 2.44 bits per heavy atom. The van der Waals surface area contributed by atoms with Gasteiger partial charge in [-0.05, 0) is 60.3 Å². The van der Waals surface area contributed by atoms with Crippen molar-refractivity contribution in [3.8, 4) is 0 Å². The molecule has 1 aliphatic heterocycles. The average Bonchev–Trinajstić information content (AvgIpc) is 3.30. The molecule has 0 spiro atoms. The van der Waals surface area contributed by atoms with E-state index in [1.165, 1.54) is 23.0 Å². The molecule has 1 fully saturated rings. The Balaban J connectivity index is 1.50. The van der Waals surface area contributed by atoms with E-state index >= 15 is 0 Å². The summed E-state index contributed by atoms with van der Waals surface area (Å²) in [4.78, 5) is 27.0. The zero-order valence-electron chi connectivity index (χ0n) is 19.9. The molecule has 1 aromatic carbocycles. The predicted molar refractivity (Wildman–Crippen MR) is 138 cm³/mol. The summed E-state index contributed by atoms with van der Waals surface area (Å²) >= 11 is 1.46. The molecule has 0 radical (unpaired) electrons. The molecule has 1 unspecified atom stereocenters. The maximum Gasteiger partial charge on any atom is 0.254 e. The van der Waals surface area contributed by atoms with Crippen molar-refractivity contribution < 1.29 is 18.0 Å². The first-order chi connectivity index (χ1) is 16.0. The number of hydrogen-bond acceptors (Lipinski definition) is 5. The summed E-state index contributed by atoms with van der Waals surface area (Å²) in [6.45, 7) is 6.47. The smallest absolute Gasteiger partial charge is 0.254 e. The van der Waals surface area contributed by atoms with Crippen LogP contribution in [0.3, 0.4) is 0 Å². The number of fused-ring (bicyclic) bond motifs is 1. The Morgan fingerprint density at radius 2 is 1.79 bits per heavy atom. The molecule has 1 saturated heterocycles. The second-order valence-corrected chi connectivity index (χ2v) is 13.5. The van der Waals surface area contributed by atoms with E-state index < -0.39 is 9.84 Å².